The number of nitrogens with zero attached hydrogens (tertiary/aromatic N) is 3. The highest BCUT2D eigenvalue weighted by Gasteiger charge is 2.22. The number of halogens is 1. The van der Waals surface area contributed by atoms with Crippen molar-refractivity contribution >= 4 is 29.1 Å². The number of anilines is 1. The number of nitrogens with one attached hydrogen (secondary N) is 1. The van der Waals surface area contributed by atoms with Gasteiger partial charge in [0.2, 0.25) is 5.91 Å². The number of hydrogen-bond acceptors (Lipinski definition) is 4. The maximum atomic E-state index is 13.0. The molecule has 0 spiro atoms. The molecule has 1 fully saturated rings. The molecule has 2 heterocycles. The summed E-state index contributed by atoms with van der Waals surface area (Å²) >= 11 is 6.12. The Balaban J connectivity index is 1.35. The molecule has 34 heavy (non-hydrogen) atoms. The second-order valence-corrected chi connectivity index (χ2v) is 9.11. The molecule has 0 bridgehead atoms. The van der Waals surface area contributed by atoms with Crippen LogP contribution in [0.3, 0.4) is 0 Å². The number of carbonyl (C=O) groups excluding carboxylic acids is 2. The predicted molar refractivity (Wildman–Crippen MR) is 134 cm³/mol. The van der Waals surface area contributed by atoms with E-state index < -0.39 is 0 Å². The van der Waals surface area contributed by atoms with Crippen LogP contribution in [-0.2, 0) is 17.6 Å². The zero-order valence-electron chi connectivity index (χ0n) is 19.3. The first-order valence-electron chi connectivity index (χ1n) is 11.7. The van der Waals surface area contributed by atoms with E-state index in [0.717, 1.165) is 56.0 Å². The second-order valence-electron chi connectivity index (χ2n) is 8.67. The van der Waals surface area contributed by atoms with Gasteiger partial charge in [0.15, 0.2) is 0 Å². The molecule has 1 aliphatic heterocycles. The van der Waals surface area contributed by atoms with Gasteiger partial charge in [-0.2, -0.15) is 5.10 Å². The summed E-state index contributed by atoms with van der Waals surface area (Å²) in [5.41, 5.74) is 9.57. The Morgan fingerprint density at radius 1 is 1.15 bits per heavy atom. The smallest absolute Gasteiger partial charge is 0.259 e. The summed E-state index contributed by atoms with van der Waals surface area (Å²) in [6, 6.07) is 15.4. The summed E-state index contributed by atoms with van der Waals surface area (Å²) in [4.78, 5) is 26.7. The molecule has 0 aliphatic carbocycles. The van der Waals surface area contributed by atoms with Crippen molar-refractivity contribution in [3.05, 3.63) is 76.6 Å². The summed E-state index contributed by atoms with van der Waals surface area (Å²) in [7, 11) is 0. The van der Waals surface area contributed by atoms with E-state index in [1.807, 2.05) is 55.5 Å². The maximum Gasteiger partial charge on any atom is 0.259 e. The Morgan fingerprint density at radius 2 is 1.88 bits per heavy atom. The third-order valence-electron chi connectivity index (χ3n) is 6.42. The lowest BCUT2D eigenvalue weighted by atomic mass is 9.96. The minimum absolute atomic E-state index is 0.0185. The monoisotopic (exact) mass is 479 g/mol. The summed E-state index contributed by atoms with van der Waals surface area (Å²) in [6.45, 7) is 4.76. The van der Waals surface area contributed by atoms with Gasteiger partial charge in [-0.15, -0.1) is 0 Å². The fraction of sp³-hybridized carbons (Fsp3) is 0.346. The Morgan fingerprint density at radius 3 is 2.53 bits per heavy atom. The van der Waals surface area contributed by atoms with Gasteiger partial charge in [-0.3, -0.25) is 9.59 Å². The molecule has 0 radical (unpaired) electrons. The van der Waals surface area contributed by atoms with E-state index in [1.165, 1.54) is 5.56 Å². The van der Waals surface area contributed by atoms with Crippen LogP contribution < -0.4 is 11.1 Å². The van der Waals surface area contributed by atoms with Gasteiger partial charge in [0.05, 0.1) is 23.1 Å². The van der Waals surface area contributed by atoms with E-state index >= 15 is 0 Å². The Kier molecular flexibility index (Phi) is 7.65. The van der Waals surface area contributed by atoms with Crippen molar-refractivity contribution in [3.63, 3.8) is 0 Å². The molecule has 1 aromatic heterocycles. The van der Waals surface area contributed by atoms with Crippen LogP contribution in [0.4, 0.5) is 5.69 Å². The average Bonchev–Trinajstić information content (AvgIpc) is 3.28. The molecule has 3 aromatic rings. The van der Waals surface area contributed by atoms with Crippen LogP contribution in [0, 0.1) is 5.92 Å². The highest BCUT2D eigenvalue weighted by Crippen LogP contribution is 2.21. The van der Waals surface area contributed by atoms with Gasteiger partial charge in [0, 0.05) is 23.2 Å². The minimum atomic E-state index is -0.185. The van der Waals surface area contributed by atoms with Crippen molar-refractivity contribution in [3.8, 4) is 5.69 Å². The highest BCUT2D eigenvalue weighted by molar-refractivity contribution is 6.30. The molecule has 1 aliphatic rings. The number of primary amides is 1. The lowest BCUT2D eigenvalue weighted by molar-refractivity contribution is -0.123. The van der Waals surface area contributed by atoms with Gasteiger partial charge >= 0.3 is 0 Å². The number of piperidine rings is 1. The third kappa shape index (κ3) is 5.66. The quantitative estimate of drug-likeness (QED) is 0.509. The zero-order valence-corrected chi connectivity index (χ0v) is 20.1. The van der Waals surface area contributed by atoms with E-state index in [-0.39, 0.29) is 17.7 Å². The van der Waals surface area contributed by atoms with Crippen LogP contribution in [0.1, 0.15) is 41.4 Å². The van der Waals surface area contributed by atoms with Gasteiger partial charge in [0.25, 0.3) is 5.91 Å². The van der Waals surface area contributed by atoms with Gasteiger partial charge in [-0.1, -0.05) is 36.7 Å². The number of benzene rings is 2. The third-order valence-corrected chi connectivity index (χ3v) is 6.65. The molecular formula is C26H30ClN5O2. The molecule has 8 heteroatoms. The molecule has 4 rings (SSSR count). The van der Waals surface area contributed by atoms with Crippen molar-refractivity contribution in [1.29, 1.82) is 0 Å². The standard InChI is InChI=1S/C26H30ClN5O2/c1-2-24-23(17-29-32(24)22-5-3-4-20(27)16-22)26(34)30-21-8-6-18(7-9-21)10-13-31-14-11-19(12-15-31)25(28)33/h3-9,16-17,19H,2,10-15H2,1H3,(H2,28,33)(H,30,34). The molecule has 7 nitrogen and oxygen atoms in total. The fourth-order valence-corrected chi connectivity index (χ4v) is 4.60. The molecule has 0 atom stereocenters. The molecule has 3 N–H and O–H groups in total. The maximum absolute atomic E-state index is 13.0. The molecule has 178 valence electrons. The number of hydrogen-bond donors (Lipinski definition) is 2. The summed E-state index contributed by atoms with van der Waals surface area (Å²) in [5, 5.41) is 8.03. The van der Waals surface area contributed by atoms with Crippen LogP contribution in [0.15, 0.2) is 54.7 Å². The van der Waals surface area contributed by atoms with E-state index in [4.69, 9.17) is 17.3 Å². The van der Waals surface area contributed by atoms with Crippen LogP contribution in [0.2, 0.25) is 5.02 Å². The van der Waals surface area contributed by atoms with Crippen LogP contribution >= 0.6 is 11.6 Å². The summed E-state index contributed by atoms with van der Waals surface area (Å²) < 4.78 is 1.76. The lowest BCUT2D eigenvalue weighted by Crippen LogP contribution is -2.39. The van der Waals surface area contributed by atoms with Crippen LogP contribution in [0.25, 0.3) is 5.69 Å². The number of likely N-dealkylation sites (tertiary alicyclic amines) is 1. The SMILES string of the molecule is CCc1c(C(=O)Nc2ccc(CCN3CCC(C(N)=O)CC3)cc2)cnn1-c1cccc(Cl)c1. The number of rotatable bonds is 8. The first kappa shape index (κ1) is 24.0. The lowest BCUT2D eigenvalue weighted by Gasteiger charge is -2.30. The molecule has 0 saturated carbocycles. The van der Waals surface area contributed by atoms with Crippen molar-refractivity contribution in [2.45, 2.75) is 32.6 Å². The molecule has 2 amide bonds. The molecule has 2 aromatic carbocycles. The van der Waals surface area contributed by atoms with Crippen molar-refractivity contribution in [1.82, 2.24) is 14.7 Å². The van der Waals surface area contributed by atoms with Crippen LogP contribution in [0.5, 0.6) is 0 Å². The number of amides is 2. The minimum Gasteiger partial charge on any atom is -0.369 e. The van der Waals surface area contributed by atoms with E-state index in [2.05, 4.69) is 15.3 Å². The normalized spacial score (nSPS) is 14.8. The van der Waals surface area contributed by atoms with Gasteiger partial charge < -0.3 is 16.0 Å². The number of nitrogens with two attached hydrogens (primary N) is 1. The average molecular weight is 480 g/mol. The van der Waals surface area contributed by atoms with Gasteiger partial charge in [0.1, 0.15) is 0 Å². The summed E-state index contributed by atoms with van der Waals surface area (Å²) in [6.07, 6.45) is 4.86. The first-order valence-corrected chi connectivity index (χ1v) is 12.1. The Bertz CT molecular complexity index is 1150. The van der Waals surface area contributed by atoms with Crippen LogP contribution in [-0.4, -0.2) is 46.1 Å². The van der Waals surface area contributed by atoms with E-state index in [9.17, 15) is 9.59 Å². The van der Waals surface area contributed by atoms with E-state index in [0.29, 0.717) is 17.0 Å². The number of aromatic nitrogens is 2. The van der Waals surface area contributed by atoms with Gasteiger partial charge in [-0.25, -0.2) is 4.68 Å². The fourth-order valence-electron chi connectivity index (χ4n) is 4.42. The number of carbonyl (C=O) groups is 2. The topological polar surface area (TPSA) is 93.2 Å². The van der Waals surface area contributed by atoms with E-state index in [1.54, 1.807) is 10.9 Å². The Hall–Kier alpha value is -3.16. The molecule has 0 unspecified atom stereocenters. The largest absolute Gasteiger partial charge is 0.369 e. The summed E-state index contributed by atoms with van der Waals surface area (Å²) in [5.74, 6) is -0.347. The van der Waals surface area contributed by atoms with Gasteiger partial charge in [-0.05, 0) is 74.7 Å². The van der Waals surface area contributed by atoms with Crippen molar-refractivity contribution < 1.29 is 9.59 Å². The Labute approximate surface area is 204 Å². The highest BCUT2D eigenvalue weighted by atomic mass is 35.5. The zero-order chi connectivity index (χ0) is 24.1. The van der Waals surface area contributed by atoms with Crippen molar-refractivity contribution in [2.75, 3.05) is 25.0 Å². The van der Waals surface area contributed by atoms with Crippen molar-refractivity contribution in [2.24, 2.45) is 11.7 Å². The second kappa shape index (κ2) is 10.8. The molecular weight excluding hydrogens is 450 g/mol. The predicted octanol–water partition coefficient (Wildman–Crippen LogP) is 4.08. The first-order chi connectivity index (χ1) is 16.4. The molecule has 1 saturated heterocycles.